The van der Waals surface area contributed by atoms with Gasteiger partial charge in [-0.05, 0) is 26.3 Å². The first-order valence-corrected chi connectivity index (χ1v) is 7.62. The van der Waals surface area contributed by atoms with Crippen molar-refractivity contribution in [3.8, 4) is 0 Å². The van der Waals surface area contributed by atoms with Crippen LogP contribution in [0.4, 0.5) is 0 Å². The predicted molar refractivity (Wildman–Crippen MR) is 74.7 cm³/mol. The first-order valence-electron chi connectivity index (χ1n) is 7.62. The number of hydrogen-bond donors (Lipinski definition) is 0. The second kappa shape index (κ2) is 6.16. The Labute approximate surface area is 112 Å². The summed E-state index contributed by atoms with van der Waals surface area (Å²) in [6, 6.07) is 0.635. The van der Waals surface area contributed by atoms with E-state index in [1.807, 2.05) is 0 Å². The Balaban J connectivity index is 1.90. The second-order valence-corrected chi connectivity index (χ2v) is 6.25. The highest BCUT2D eigenvalue weighted by atomic mass is 16.1. The molecule has 1 aliphatic carbocycles. The Morgan fingerprint density at radius 1 is 1.22 bits per heavy atom. The number of rotatable bonds is 4. The van der Waals surface area contributed by atoms with Crippen molar-refractivity contribution in [1.29, 1.82) is 0 Å². The monoisotopic (exact) mass is 252 g/mol. The van der Waals surface area contributed by atoms with E-state index >= 15 is 0 Å². The Hall–Kier alpha value is -0.410. The molecule has 1 aliphatic heterocycles. The zero-order valence-corrected chi connectivity index (χ0v) is 12.0. The summed E-state index contributed by atoms with van der Waals surface area (Å²) in [5.41, 5.74) is -0.0215. The molecule has 18 heavy (non-hydrogen) atoms. The van der Waals surface area contributed by atoms with Crippen molar-refractivity contribution >= 4 is 6.29 Å². The highest BCUT2D eigenvalue weighted by Crippen LogP contribution is 2.35. The highest BCUT2D eigenvalue weighted by Gasteiger charge is 2.35. The van der Waals surface area contributed by atoms with Crippen LogP contribution in [0.1, 0.15) is 46.0 Å². The van der Waals surface area contributed by atoms with Gasteiger partial charge in [-0.25, -0.2) is 0 Å². The van der Waals surface area contributed by atoms with E-state index in [2.05, 4.69) is 23.6 Å². The number of carbonyl (C=O) groups excluding carboxylic acids is 1. The van der Waals surface area contributed by atoms with Crippen molar-refractivity contribution < 1.29 is 4.79 Å². The SMILES string of the molecule is CCN1CCN(CC2(C=O)CCCCC2)CC1C. The van der Waals surface area contributed by atoms with Crippen LogP contribution in [0.15, 0.2) is 0 Å². The second-order valence-electron chi connectivity index (χ2n) is 6.25. The smallest absolute Gasteiger partial charge is 0.127 e. The summed E-state index contributed by atoms with van der Waals surface area (Å²) in [5, 5.41) is 0. The maximum Gasteiger partial charge on any atom is 0.127 e. The lowest BCUT2D eigenvalue weighted by molar-refractivity contribution is -0.119. The van der Waals surface area contributed by atoms with Crippen LogP contribution in [0.5, 0.6) is 0 Å². The van der Waals surface area contributed by atoms with E-state index in [1.54, 1.807) is 0 Å². The minimum Gasteiger partial charge on any atom is -0.303 e. The fourth-order valence-electron chi connectivity index (χ4n) is 3.70. The molecule has 1 saturated carbocycles. The third kappa shape index (κ3) is 3.12. The number of carbonyl (C=O) groups is 1. The molecule has 0 radical (unpaired) electrons. The van der Waals surface area contributed by atoms with Crippen LogP contribution < -0.4 is 0 Å². The molecule has 1 unspecified atom stereocenters. The van der Waals surface area contributed by atoms with Gasteiger partial charge in [0.15, 0.2) is 0 Å². The van der Waals surface area contributed by atoms with Crippen LogP contribution in [0.3, 0.4) is 0 Å². The Bertz CT molecular complexity index is 274. The van der Waals surface area contributed by atoms with E-state index < -0.39 is 0 Å². The number of likely N-dealkylation sites (N-methyl/N-ethyl adjacent to an activating group) is 1. The number of piperazine rings is 1. The molecule has 104 valence electrons. The average molecular weight is 252 g/mol. The fourth-order valence-corrected chi connectivity index (χ4v) is 3.70. The lowest BCUT2D eigenvalue weighted by Crippen LogP contribution is -2.54. The van der Waals surface area contributed by atoms with Crippen molar-refractivity contribution in [2.45, 2.75) is 52.0 Å². The molecule has 0 aromatic rings. The molecule has 0 aromatic heterocycles. The van der Waals surface area contributed by atoms with Crippen molar-refractivity contribution in [3.63, 3.8) is 0 Å². The van der Waals surface area contributed by atoms with E-state index in [9.17, 15) is 4.79 Å². The Morgan fingerprint density at radius 3 is 2.50 bits per heavy atom. The standard InChI is InChI=1S/C15H28N2O/c1-3-17-10-9-16(11-14(17)2)12-15(13-18)7-5-4-6-8-15/h13-14H,3-12H2,1-2H3. The van der Waals surface area contributed by atoms with E-state index in [0.717, 1.165) is 45.6 Å². The zero-order valence-electron chi connectivity index (χ0n) is 12.0. The molecular formula is C15H28N2O. The Kier molecular flexibility index (Phi) is 4.79. The van der Waals surface area contributed by atoms with Gasteiger partial charge in [-0.3, -0.25) is 9.80 Å². The number of nitrogens with zero attached hydrogens (tertiary/aromatic N) is 2. The van der Waals surface area contributed by atoms with Gasteiger partial charge in [-0.15, -0.1) is 0 Å². The molecule has 3 heteroatoms. The van der Waals surface area contributed by atoms with E-state index in [-0.39, 0.29) is 5.41 Å². The minimum absolute atomic E-state index is 0.0215. The quantitative estimate of drug-likeness (QED) is 0.716. The summed E-state index contributed by atoms with van der Waals surface area (Å²) in [4.78, 5) is 16.6. The topological polar surface area (TPSA) is 23.6 Å². The molecule has 1 atom stereocenters. The Morgan fingerprint density at radius 2 is 1.94 bits per heavy atom. The van der Waals surface area contributed by atoms with Gasteiger partial charge in [0.1, 0.15) is 6.29 Å². The summed E-state index contributed by atoms with van der Waals surface area (Å²) in [6.45, 7) is 10.1. The third-order valence-corrected chi connectivity index (χ3v) is 4.89. The van der Waals surface area contributed by atoms with Gasteiger partial charge >= 0.3 is 0 Å². The average Bonchev–Trinajstić information content (AvgIpc) is 2.40. The summed E-state index contributed by atoms with van der Waals surface area (Å²) in [6.07, 6.45) is 7.28. The maximum absolute atomic E-state index is 11.5. The third-order valence-electron chi connectivity index (χ3n) is 4.89. The van der Waals surface area contributed by atoms with Gasteiger partial charge in [0.05, 0.1) is 0 Å². The zero-order chi connectivity index (χ0) is 13.0. The summed E-state index contributed by atoms with van der Waals surface area (Å²) >= 11 is 0. The maximum atomic E-state index is 11.5. The van der Waals surface area contributed by atoms with Crippen LogP contribution in [0, 0.1) is 5.41 Å². The molecule has 3 nitrogen and oxygen atoms in total. The molecule has 2 rings (SSSR count). The molecule has 0 aromatic carbocycles. The molecule has 1 saturated heterocycles. The van der Waals surface area contributed by atoms with Crippen LogP contribution in [0.25, 0.3) is 0 Å². The summed E-state index contributed by atoms with van der Waals surface area (Å²) in [7, 11) is 0. The summed E-state index contributed by atoms with van der Waals surface area (Å²) in [5.74, 6) is 0. The fraction of sp³-hybridized carbons (Fsp3) is 0.933. The summed E-state index contributed by atoms with van der Waals surface area (Å²) < 4.78 is 0. The molecule has 0 amide bonds. The van der Waals surface area contributed by atoms with Gasteiger partial charge < -0.3 is 4.79 Å². The number of hydrogen-bond acceptors (Lipinski definition) is 3. The van der Waals surface area contributed by atoms with E-state index in [4.69, 9.17) is 0 Å². The highest BCUT2D eigenvalue weighted by molar-refractivity contribution is 5.60. The predicted octanol–water partition coefficient (Wildman–Crippen LogP) is 2.16. The molecular weight excluding hydrogens is 224 g/mol. The normalized spacial score (nSPS) is 30.2. The lowest BCUT2D eigenvalue weighted by atomic mass is 9.74. The largest absolute Gasteiger partial charge is 0.303 e. The number of aldehydes is 1. The minimum atomic E-state index is -0.0215. The van der Waals surface area contributed by atoms with Gasteiger partial charge in [-0.1, -0.05) is 26.2 Å². The van der Waals surface area contributed by atoms with E-state index in [1.165, 1.54) is 25.5 Å². The van der Waals surface area contributed by atoms with Crippen LogP contribution in [-0.2, 0) is 4.79 Å². The lowest BCUT2D eigenvalue weighted by Gasteiger charge is -2.43. The molecule has 0 bridgehead atoms. The van der Waals surface area contributed by atoms with Gasteiger partial charge in [0.2, 0.25) is 0 Å². The van der Waals surface area contributed by atoms with Crippen LogP contribution in [-0.4, -0.2) is 54.9 Å². The first-order chi connectivity index (χ1) is 8.69. The van der Waals surface area contributed by atoms with Crippen LogP contribution in [0.2, 0.25) is 0 Å². The van der Waals surface area contributed by atoms with Crippen molar-refractivity contribution in [1.82, 2.24) is 9.80 Å². The van der Waals surface area contributed by atoms with Gasteiger partial charge in [-0.2, -0.15) is 0 Å². The molecule has 2 aliphatic rings. The van der Waals surface area contributed by atoms with E-state index in [0.29, 0.717) is 6.04 Å². The molecule has 1 heterocycles. The molecule has 0 N–H and O–H groups in total. The van der Waals surface area contributed by atoms with Gasteiger partial charge in [0, 0.05) is 37.6 Å². The van der Waals surface area contributed by atoms with Crippen LogP contribution >= 0.6 is 0 Å². The molecule has 0 spiro atoms. The van der Waals surface area contributed by atoms with Crippen molar-refractivity contribution in [2.75, 3.05) is 32.7 Å². The first kappa shape index (κ1) is 14.0. The molecule has 2 fully saturated rings. The van der Waals surface area contributed by atoms with Gasteiger partial charge in [0.25, 0.3) is 0 Å². The van der Waals surface area contributed by atoms with Crippen molar-refractivity contribution in [2.24, 2.45) is 5.41 Å². The van der Waals surface area contributed by atoms with Crippen molar-refractivity contribution in [3.05, 3.63) is 0 Å².